The molecule has 142 valence electrons. The number of aromatic nitrogens is 2. The van der Waals surface area contributed by atoms with Gasteiger partial charge in [0.05, 0.1) is 4.90 Å². The number of rotatable bonds is 7. The first-order valence-electron chi connectivity index (χ1n) is 9.63. The molecule has 2 aromatic rings. The highest BCUT2D eigenvalue weighted by Gasteiger charge is 2.29. The molecule has 1 saturated heterocycles. The largest absolute Gasteiger partial charge is 0.335 e. The molecule has 0 spiro atoms. The van der Waals surface area contributed by atoms with Crippen LogP contribution in [-0.4, -0.2) is 35.4 Å². The fraction of sp³-hybridized carbons (Fsp3) is 0.550. The molecule has 0 bridgehead atoms. The lowest BCUT2D eigenvalue weighted by molar-refractivity contribution is 0.251. The van der Waals surface area contributed by atoms with Gasteiger partial charge < -0.3 is 4.57 Å². The lowest BCUT2D eigenvalue weighted by Crippen LogP contribution is -2.39. The van der Waals surface area contributed by atoms with Crippen molar-refractivity contribution in [2.24, 2.45) is 5.92 Å². The lowest BCUT2D eigenvalue weighted by atomic mass is 9.98. The van der Waals surface area contributed by atoms with Crippen LogP contribution in [0, 0.1) is 5.92 Å². The molecule has 0 saturated carbocycles. The zero-order valence-electron chi connectivity index (χ0n) is 15.8. The van der Waals surface area contributed by atoms with Gasteiger partial charge in [-0.1, -0.05) is 32.4 Å². The summed E-state index contributed by atoms with van der Waals surface area (Å²) >= 11 is 0. The Bertz CT molecular complexity index is 804. The van der Waals surface area contributed by atoms with E-state index in [1.807, 2.05) is 24.5 Å². The molecule has 1 aromatic heterocycles. The van der Waals surface area contributed by atoms with Gasteiger partial charge in [-0.25, -0.2) is 13.4 Å². The summed E-state index contributed by atoms with van der Waals surface area (Å²) in [6.45, 7) is 6.37. The van der Waals surface area contributed by atoms with E-state index in [2.05, 4.69) is 23.4 Å². The lowest BCUT2D eigenvalue weighted by Gasteiger charge is -2.31. The van der Waals surface area contributed by atoms with Crippen LogP contribution in [0.2, 0.25) is 0 Å². The average molecular weight is 376 g/mol. The van der Waals surface area contributed by atoms with Gasteiger partial charge in [0.25, 0.3) is 0 Å². The highest BCUT2D eigenvalue weighted by atomic mass is 32.2. The number of sulfonamides is 1. The van der Waals surface area contributed by atoms with Crippen LogP contribution >= 0.6 is 0 Å². The second kappa shape index (κ2) is 8.35. The predicted octanol–water partition coefficient (Wildman–Crippen LogP) is 3.50. The Kier molecular flexibility index (Phi) is 6.14. The summed E-state index contributed by atoms with van der Waals surface area (Å²) in [6, 6.07) is 7.39. The van der Waals surface area contributed by atoms with Crippen molar-refractivity contribution in [2.45, 2.75) is 57.4 Å². The quantitative estimate of drug-likeness (QED) is 0.744. The molecule has 1 aliphatic heterocycles. The molecule has 5 nitrogen and oxygen atoms in total. The molecule has 26 heavy (non-hydrogen) atoms. The van der Waals surface area contributed by atoms with E-state index in [1.54, 1.807) is 16.4 Å². The molecule has 1 fully saturated rings. The Hall–Kier alpha value is -1.66. The molecule has 6 heteroatoms. The second-order valence-corrected chi connectivity index (χ2v) is 9.03. The van der Waals surface area contributed by atoms with E-state index in [4.69, 9.17) is 0 Å². The Morgan fingerprint density at radius 2 is 1.81 bits per heavy atom. The molecule has 0 amide bonds. The summed E-state index contributed by atoms with van der Waals surface area (Å²) in [6.07, 6.45) is 8.65. The van der Waals surface area contributed by atoms with Gasteiger partial charge in [0.1, 0.15) is 5.82 Å². The summed E-state index contributed by atoms with van der Waals surface area (Å²) in [7, 11) is -3.38. The molecule has 0 atom stereocenters. The van der Waals surface area contributed by atoms with E-state index in [1.165, 1.54) is 5.56 Å². The third kappa shape index (κ3) is 4.18. The summed E-state index contributed by atoms with van der Waals surface area (Å²) in [5.74, 6) is 1.61. The van der Waals surface area contributed by atoms with Gasteiger partial charge in [0.15, 0.2) is 0 Å². The van der Waals surface area contributed by atoms with Crippen molar-refractivity contribution in [2.75, 3.05) is 13.1 Å². The molecule has 2 heterocycles. The summed E-state index contributed by atoms with van der Waals surface area (Å²) in [5.41, 5.74) is 1.19. The van der Waals surface area contributed by atoms with E-state index in [-0.39, 0.29) is 0 Å². The smallest absolute Gasteiger partial charge is 0.243 e. The molecule has 0 unspecified atom stereocenters. The fourth-order valence-electron chi connectivity index (χ4n) is 3.70. The standard InChI is InChI=1S/C20H29N3O2S/c1-3-5-17-6-8-19(9-7-17)26(24,25)23-13-10-18(11-14-23)16-22-15-12-21-20(22)4-2/h6-9,12,15,18H,3-5,10-11,13-14,16H2,1-2H3. The van der Waals surface area contributed by atoms with Crippen LogP contribution in [-0.2, 0) is 29.4 Å². The zero-order valence-corrected chi connectivity index (χ0v) is 16.6. The van der Waals surface area contributed by atoms with Gasteiger partial charge in [-0.3, -0.25) is 0 Å². The molecule has 1 aliphatic rings. The van der Waals surface area contributed by atoms with E-state index < -0.39 is 10.0 Å². The normalized spacial score (nSPS) is 16.8. The molecule has 1 aromatic carbocycles. The first kappa shape index (κ1) is 19.1. The first-order valence-corrected chi connectivity index (χ1v) is 11.1. The number of imidazole rings is 1. The summed E-state index contributed by atoms with van der Waals surface area (Å²) < 4.78 is 29.6. The van der Waals surface area contributed by atoms with Crippen molar-refractivity contribution in [1.29, 1.82) is 0 Å². The SMILES string of the molecule is CCCc1ccc(S(=O)(=O)N2CCC(Cn3ccnc3CC)CC2)cc1. The zero-order chi connectivity index (χ0) is 18.6. The Labute approximate surface area is 157 Å². The van der Waals surface area contributed by atoms with Crippen LogP contribution < -0.4 is 0 Å². The number of hydrogen-bond donors (Lipinski definition) is 0. The molecule has 0 N–H and O–H groups in total. The molecule has 3 rings (SSSR count). The van der Waals surface area contributed by atoms with Crippen molar-refractivity contribution in [1.82, 2.24) is 13.9 Å². The number of benzene rings is 1. The van der Waals surface area contributed by atoms with Gasteiger partial charge in [0.2, 0.25) is 10.0 Å². The van der Waals surface area contributed by atoms with Crippen LogP contribution in [0.1, 0.15) is 44.5 Å². The summed E-state index contributed by atoms with van der Waals surface area (Å²) in [5, 5.41) is 0. The van der Waals surface area contributed by atoms with Crippen LogP contribution in [0.5, 0.6) is 0 Å². The van der Waals surface area contributed by atoms with Crippen molar-refractivity contribution < 1.29 is 8.42 Å². The fourth-order valence-corrected chi connectivity index (χ4v) is 5.17. The Morgan fingerprint density at radius 3 is 2.42 bits per heavy atom. The average Bonchev–Trinajstić information content (AvgIpc) is 3.10. The third-order valence-electron chi connectivity index (χ3n) is 5.25. The maximum Gasteiger partial charge on any atom is 0.243 e. The Morgan fingerprint density at radius 1 is 1.12 bits per heavy atom. The van der Waals surface area contributed by atoms with Crippen molar-refractivity contribution >= 4 is 10.0 Å². The van der Waals surface area contributed by atoms with E-state index in [9.17, 15) is 8.42 Å². The van der Waals surface area contributed by atoms with Crippen molar-refractivity contribution in [3.8, 4) is 0 Å². The first-order chi connectivity index (χ1) is 12.5. The second-order valence-electron chi connectivity index (χ2n) is 7.09. The molecule has 0 aliphatic carbocycles. The highest BCUT2D eigenvalue weighted by molar-refractivity contribution is 7.89. The third-order valence-corrected chi connectivity index (χ3v) is 7.16. The van der Waals surface area contributed by atoms with E-state index in [0.717, 1.165) is 44.5 Å². The van der Waals surface area contributed by atoms with Crippen molar-refractivity contribution in [3.05, 3.63) is 48.0 Å². The van der Waals surface area contributed by atoms with Crippen LogP contribution in [0.25, 0.3) is 0 Å². The minimum absolute atomic E-state index is 0.415. The van der Waals surface area contributed by atoms with Gasteiger partial charge in [-0.15, -0.1) is 0 Å². The highest BCUT2D eigenvalue weighted by Crippen LogP contribution is 2.25. The topological polar surface area (TPSA) is 55.2 Å². The minimum Gasteiger partial charge on any atom is -0.335 e. The molecule has 0 radical (unpaired) electrons. The molecular formula is C20H29N3O2S. The van der Waals surface area contributed by atoms with Crippen LogP contribution in [0.15, 0.2) is 41.6 Å². The number of piperidine rings is 1. The van der Waals surface area contributed by atoms with E-state index >= 15 is 0 Å². The number of nitrogens with zero attached hydrogens (tertiary/aromatic N) is 3. The van der Waals surface area contributed by atoms with Crippen molar-refractivity contribution in [3.63, 3.8) is 0 Å². The van der Waals surface area contributed by atoms with Crippen LogP contribution in [0.4, 0.5) is 0 Å². The number of hydrogen-bond acceptors (Lipinski definition) is 3. The van der Waals surface area contributed by atoms with Crippen LogP contribution in [0.3, 0.4) is 0 Å². The Balaban J connectivity index is 1.61. The van der Waals surface area contributed by atoms with Gasteiger partial charge in [-0.2, -0.15) is 4.31 Å². The predicted molar refractivity (Wildman–Crippen MR) is 104 cm³/mol. The maximum absolute atomic E-state index is 12.9. The molecular weight excluding hydrogens is 346 g/mol. The maximum atomic E-state index is 12.9. The van der Waals surface area contributed by atoms with Gasteiger partial charge >= 0.3 is 0 Å². The van der Waals surface area contributed by atoms with Gasteiger partial charge in [0, 0.05) is 38.4 Å². The minimum atomic E-state index is -3.38. The number of aryl methyl sites for hydroxylation is 2. The summed E-state index contributed by atoms with van der Waals surface area (Å²) in [4.78, 5) is 4.79. The monoisotopic (exact) mass is 375 g/mol. The van der Waals surface area contributed by atoms with E-state index in [0.29, 0.717) is 23.9 Å². The van der Waals surface area contributed by atoms with Gasteiger partial charge in [-0.05, 0) is 42.9 Å².